The van der Waals surface area contributed by atoms with E-state index < -0.39 is 5.82 Å². The van der Waals surface area contributed by atoms with Crippen LogP contribution in [0.15, 0.2) is 42.6 Å². The van der Waals surface area contributed by atoms with Gasteiger partial charge in [0.2, 0.25) is 5.91 Å². The van der Waals surface area contributed by atoms with Crippen LogP contribution in [0, 0.1) is 17.2 Å². The number of anilines is 1. The van der Waals surface area contributed by atoms with Crippen molar-refractivity contribution in [3.8, 4) is 5.75 Å². The maximum atomic E-state index is 14.3. The Bertz CT molecular complexity index is 791. The number of benzene rings is 1. The highest BCUT2D eigenvalue weighted by Crippen LogP contribution is 2.58. The lowest BCUT2D eigenvalue weighted by Gasteiger charge is -2.23. The normalized spacial score (nSPS) is 20.6. The second kappa shape index (κ2) is 7.03. The maximum Gasteiger partial charge on any atom is 0.228 e. The predicted octanol–water partition coefficient (Wildman–Crippen LogP) is 3.13. The number of amides is 1. The molecule has 5 nitrogen and oxygen atoms in total. The molecule has 26 heavy (non-hydrogen) atoms. The van der Waals surface area contributed by atoms with Crippen LogP contribution < -0.4 is 15.4 Å². The van der Waals surface area contributed by atoms with Crippen LogP contribution in [-0.2, 0) is 11.4 Å². The maximum absolute atomic E-state index is 14.3. The fourth-order valence-electron chi connectivity index (χ4n) is 3.76. The number of nitrogens with zero attached hydrogens (tertiary/aromatic N) is 1. The highest BCUT2D eigenvalue weighted by molar-refractivity contribution is 5.95. The number of ether oxygens (including phenoxy) is 1. The molecule has 1 aliphatic heterocycles. The van der Waals surface area contributed by atoms with E-state index in [1.165, 1.54) is 6.07 Å². The van der Waals surface area contributed by atoms with Crippen molar-refractivity contribution in [1.82, 2.24) is 10.3 Å². The smallest absolute Gasteiger partial charge is 0.228 e. The van der Waals surface area contributed by atoms with Gasteiger partial charge in [0.1, 0.15) is 6.61 Å². The summed E-state index contributed by atoms with van der Waals surface area (Å²) in [4.78, 5) is 16.6. The molecule has 1 saturated heterocycles. The Kier molecular flexibility index (Phi) is 4.59. The first kappa shape index (κ1) is 17.0. The zero-order valence-corrected chi connectivity index (χ0v) is 14.5. The molecular formula is C20H22FN3O2. The number of carbonyl (C=O) groups excluding carboxylic acids is 1. The van der Waals surface area contributed by atoms with Gasteiger partial charge in [0.15, 0.2) is 11.6 Å². The minimum atomic E-state index is -0.494. The standard InChI is InChI=1S/C20H22FN3O2/c21-17-11-14(4-5-18(17)26-13-15-3-1-2-8-23-15)24-19(25)16-12-20(16)6-9-22-10-7-20/h1-5,8,11,16,22H,6-7,9-10,12-13H2,(H,24,25). The molecule has 1 aromatic carbocycles. The Balaban J connectivity index is 1.35. The number of rotatable bonds is 5. The Morgan fingerprint density at radius 2 is 2.15 bits per heavy atom. The molecule has 1 aromatic heterocycles. The zero-order chi connectivity index (χ0) is 18.0. The topological polar surface area (TPSA) is 63.2 Å². The molecule has 1 atom stereocenters. The van der Waals surface area contributed by atoms with E-state index in [9.17, 15) is 9.18 Å². The second-order valence-electron chi connectivity index (χ2n) is 7.11. The number of nitrogens with one attached hydrogen (secondary N) is 2. The van der Waals surface area contributed by atoms with E-state index in [1.807, 2.05) is 18.2 Å². The Morgan fingerprint density at radius 1 is 1.31 bits per heavy atom. The van der Waals surface area contributed by atoms with Crippen molar-refractivity contribution in [3.05, 3.63) is 54.1 Å². The molecule has 1 unspecified atom stereocenters. The fourth-order valence-corrected chi connectivity index (χ4v) is 3.76. The van der Waals surface area contributed by atoms with Crippen LogP contribution >= 0.6 is 0 Å². The van der Waals surface area contributed by atoms with Gasteiger partial charge in [-0.05, 0) is 62.0 Å². The first-order valence-electron chi connectivity index (χ1n) is 9.00. The monoisotopic (exact) mass is 355 g/mol. The molecule has 1 aliphatic carbocycles. The third-order valence-electron chi connectivity index (χ3n) is 5.41. The van der Waals surface area contributed by atoms with Crippen LogP contribution in [0.5, 0.6) is 5.75 Å². The Hall–Kier alpha value is -2.47. The quantitative estimate of drug-likeness (QED) is 0.865. The van der Waals surface area contributed by atoms with Gasteiger partial charge in [0.05, 0.1) is 5.69 Å². The molecule has 2 aromatic rings. The van der Waals surface area contributed by atoms with Crippen LogP contribution in [0.1, 0.15) is 25.0 Å². The lowest BCUT2D eigenvalue weighted by Crippen LogP contribution is -2.31. The van der Waals surface area contributed by atoms with Crippen LogP contribution in [0.4, 0.5) is 10.1 Å². The summed E-state index contributed by atoms with van der Waals surface area (Å²) in [5.41, 5.74) is 1.36. The van der Waals surface area contributed by atoms with Crippen molar-refractivity contribution in [3.63, 3.8) is 0 Å². The molecule has 6 heteroatoms. The third kappa shape index (κ3) is 3.55. The van der Waals surface area contributed by atoms with Crippen molar-refractivity contribution in [2.45, 2.75) is 25.9 Å². The van der Waals surface area contributed by atoms with E-state index in [0.717, 1.165) is 38.0 Å². The summed E-state index contributed by atoms with van der Waals surface area (Å²) in [5.74, 6) is -0.304. The molecule has 1 amide bonds. The average Bonchev–Trinajstić information content (AvgIpc) is 3.35. The number of piperidine rings is 1. The predicted molar refractivity (Wildman–Crippen MR) is 96.2 cm³/mol. The molecule has 0 radical (unpaired) electrons. The molecular weight excluding hydrogens is 333 g/mol. The van der Waals surface area contributed by atoms with Crippen LogP contribution in [0.2, 0.25) is 0 Å². The molecule has 2 fully saturated rings. The van der Waals surface area contributed by atoms with Crippen molar-refractivity contribution in [2.75, 3.05) is 18.4 Å². The minimum Gasteiger partial charge on any atom is -0.484 e. The lowest BCUT2D eigenvalue weighted by molar-refractivity contribution is -0.118. The van der Waals surface area contributed by atoms with E-state index in [4.69, 9.17) is 4.74 Å². The summed E-state index contributed by atoms with van der Waals surface area (Å²) in [6.07, 6.45) is 4.69. The minimum absolute atomic E-state index is 0.00606. The van der Waals surface area contributed by atoms with Crippen molar-refractivity contribution in [1.29, 1.82) is 0 Å². The largest absolute Gasteiger partial charge is 0.484 e. The number of halogens is 1. The van der Waals surface area contributed by atoms with Crippen molar-refractivity contribution in [2.24, 2.45) is 11.3 Å². The molecule has 4 rings (SSSR count). The van der Waals surface area contributed by atoms with Gasteiger partial charge in [0, 0.05) is 23.9 Å². The number of aromatic nitrogens is 1. The van der Waals surface area contributed by atoms with Crippen molar-refractivity contribution < 1.29 is 13.9 Å². The summed E-state index contributed by atoms with van der Waals surface area (Å²) in [6, 6.07) is 10.0. The molecule has 1 saturated carbocycles. The van der Waals surface area contributed by atoms with Gasteiger partial charge in [-0.15, -0.1) is 0 Å². The van der Waals surface area contributed by atoms with Gasteiger partial charge in [-0.25, -0.2) is 4.39 Å². The van der Waals surface area contributed by atoms with Crippen LogP contribution in [-0.4, -0.2) is 24.0 Å². The highest BCUT2D eigenvalue weighted by Gasteiger charge is 2.57. The lowest BCUT2D eigenvalue weighted by atomic mass is 9.92. The third-order valence-corrected chi connectivity index (χ3v) is 5.41. The average molecular weight is 355 g/mol. The van der Waals surface area contributed by atoms with E-state index in [2.05, 4.69) is 15.6 Å². The number of pyridine rings is 1. The van der Waals surface area contributed by atoms with Crippen LogP contribution in [0.3, 0.4) is 0 Å². The Labute approximate surface area is 152 Å². The van der Waals surface area contributed by atoms with E-state index in [1.54, 1.807) is 18.3 Å². The molecule has 1 spiro atoms. The van der Waals surface area contributed by atoms with Crippen LogP contribution in [0.25, 0.3) is 0 Å². The van der Waals surface area contributed by atoms with Crippen molar-refractivity contribution >= 4 is 11.6 Å². The molecule has 136 valence electrons. The van der Waals surface area contributed by atoms with Gasteiger partial charge in [-0.1, -0.05) is 6.07 Å². The number of carbonyl (C=O) groups is 1. The number of hydrogen-bond donors (Lipinski definition) is 2. The van der Waals surface area contributed by atoms with Gasteiger partial charge in [0.25, 0.3) is 0 Å². The molecule has 2 N–H and O–H groups in total. The molecule has 0 bridgehead atoms. The number of hydrogen-bond acceptors (Lipinski definition) is 4. The fraction of sp³-hybridized carbons (Fsp3) is 0.400. The van der Waals surface area contributed by atoms with Gasteiger partial charge < -0.3 is 15.4 Å². The second-order valence-corrected chi connectivity index (χ2v) is 7.11. The summed E-state index contributed by atoms with van der Waals surface area (Å²) < 4.78 is 19.7. The molecule has 2 heterocycles. The SMILES string of the molecule is O=C(Nc1ccc(OCc2ccccn2)c(F)c1)C1CC12CCNCC2. The summed E-state index contributed by atoms with van der Waals surface area (Å²) in [7, 11) is 0. The first-order chi connectivity index (χ1) is 12.7. The highest BCUT2D eigenvalue weighted by atomic mass is 19.1. The molecule has 2 aliphatic rings. The first-order valence-corrected chi connectivity index (χ1v) is 9.00. The summed E-state index contributed by atoms with van der Waals surface area (Å²) in [5, 5.41) is 6.18. The van der Waals surface area contributed by atoms with Gasteiger partial charge >= 0.3 is 0 Å². The zero-order valence-electron chi connectivity index (χ0n) is 14.5. The Morgan fingerprint density at radius 3 is 2.88 bits per heavy atom. The van der Waals surface area contributed by atoms with E-state index >= 15 is 0 Å². The summed E-state index contributed by atoms with van der Waals surface area (Å²) >= 11 is 0. The van der Waals surface area contributed by atoms with Gasteiger partial charge in [-0.2, -0.15) is 0 Å². The summed E-state index contributed by atoms with van der Waals surface area (Å²) in [6.45, 7) is 2.14. The van der Waals surface area contributed by atoms with E-state index in [-0.39, 0.29) is 29.6 Å². The van der Waals surface area contributed by atoms with Gasteiger partial charge in [-0.3, -0.25) is 9.78 Å². The van der Waals surface area contributed by atoms with E-state index in [0.29, 0.717) is 5.69 Å².